The Bertz CT molecular complexity index is 1870. The fraction of sp³-hybridized carbons (Fsp3) is 0.308. The average Bonchev–Trinajstić information content (AvgIpc) is 3.31. The Balaban J connectivity index is 0.000000498. The Morgan fingerprint density at radius 2 is 0.469 bits per heavy atom. The minimum Gasteiger partial charge on any atom is -0.872 e. The van der Waals surface area contributed by atoms with E-state index in [4.69, 9.17) is 18.9 Å². The van der Waals surface area contributed by atoms with E-state index in [-0.39, 0.29) is 70.6 Å². The number of methoxy groups -OCH3 is 8. The van der Waals surface area contributed by atoms with Crippen molar-refractivity contribution in [3.8, 4) is 34.5 Å². The van der Waals surface area contributed by atoms with Crippen molar-refractivity contribution >= 4 is 0 Å². The van der Waals surface area contributed by atoms with Gasteiger partial charge in [-0.05, 0) is 46.5 Å². The third kappa shape index (κ3) is 19.6. The predicted molar refractivity (Wildman–Crippen MR) is 242 cm³/mol. The van der Waals surface area contributed by atoms with Gasteiger partial charge in [0.2, 0.25) is 0 Å². The molecule has 12 heteroatoms. The molecular formula is C52H62Na2O10. The second-order valence-corrected chi connectivity index (χ2v) is 13.7. The number of ether oxygens (including phenoxy) is 8. The number of para-hydroxylation sites is 6. The van der Waals surface area contributed by atoms with Crippen molar-refractivity contribution in [1.82, 2.24) is 0 Å². The molecule has 0 aliphatic heterocycles. The first-order valence-electron chi connectivity index (χ1n) is 20.3. The van der Waals surface area contributed by atoms with E-state index in [1.54, 1.807) is 56.9 Å². The van der Waals surface area contributed by atoms with Crippen molar-refractivity contribution in [1.29, 1.82) is 0 Å². The van der Waals surface area contributed by atoms with E-state index in [2.05, 4.69) is 18.9 Å². The van der Waals surface area contributed by atoms with Crippen LogP contribution in [-0.4, -0.2) is 83.3 Å². The summed E-state index contributed by atoms with van der Waals surface area (Å²) in [6, 6.07) is 42.6. The Morgan fingerprint density at radius 3 is 0.656 bits per heavy atom. The molecule has 0 spiro atoms. The Hall–Kier alpha value is -4.04. The van der Waals surface area contributed by atoms with Gasteiger partial charge in [0.15, 0.2) is 0 Å². The molecule has 64 heavy (non-hydrogen) atoms. The molecular weight excluding hydrogens is 831 g/mol. The van der Waals surface area contributed by atoms with Gasteiger partial charge in [-0.3, -0.25) is 0 Å². The van der Waals surface area contributed by atoms with Crippen LogP contribution in [0, 0.1) is 0 Å². The zero-order valence-corrected chi connectivity index (χ0v) is 43.4. The molecule has 0 N–H and O–H groups in total. The average molecular weight is 893 g/mol. The molecule has 0 aliphatic rings. The van der Waals surface area contributed by atoms with Crippen LogP contribution >= 0.6 is 0 Å². The molecule has 0 unspecified atom stereocenters. The van der Waals surface area contributed by atoms with Gasteiger partial charge < -0.3 is 48.1 Å². The Morgan fingerprint density at radius 1 is 0.281 bits per heavy atom. The molecule has 0 amide bonds. The summed E-state index contributed by atoms with van der Waals surface area (Å²) >= 11 is 0. The summed E-state index contributed by atoms with van der Waals surface area (Å²) in [4.78, 5) is 0. The van der Waals surface area contributed by atoms with Crippen LogP contribution in [0.2, 0.25) is 0 Å². The van der Waals surface area contributed by atoms with E-state index in [9.17, 15) is 10.2 Å². The van der Waals surface area contributed by atoms with E-state index >= 15 is 0 Å². The Kier molecular flexibility index (Phi) is 31.1. The standard InChI is InChI=1S/2C22H22O3.2C4H10O2.2Na/c2*1-24-20-12-5-3-8-16(20)14-18-10-7-11-19(22(18)23)15-17-9-4-6-13-21(17)25-2;2*1-5-3-4-6-2;;/h2*3-13,23H,14-15H2,1-2H3;2*3-4H2,1-2H3;;/q;;;;2*+1/p-2. The topological polar surface area (TPSA) is 120 Å². The van der Waals surface area contributed by atoms with Crippen LogP contribution in [0.3, 0.4) is 0 Å². The molecule has 0 saturated heterocycles. The molecule has 6 rings (SSSR count). The molecule has 0 aliphatic carbocycles. The van der Waals surface area contributed by atoms with Gasteiger partial charge in [0.25, 0.3) is 0 Å². The summed E-state index contributed by atoms with van der Waals surface area (Å²) in [7, 11) is 13.2. The van der Waals surface area contributed by atoms with E-state index in [1.165, 1.54) is 0 Å². The minimum atomic E-state index is 0. The molecule has 6 aromatic rings. The van der Waals surface area contributed by atoms with Crippen molar-refractivity contribution < 1.29 is 107 Å². The predicted octanol–water partition coefficient (Wildman–Crippen LogP) is 2.48. The van der Waals surface area contributed by atoms with Crippen molar-refractivity contribution in [3.05, 3.63) is 178 Å². The fourth-order valence-electron chi connectivity index (χ4n) is 6.38. The van der Waals surface area contributed by atoms with E-state index in [1.807, 2.05) is 133 Å². The second kappa shape index (κ2) is 34.3. The van der Waals surface area contributed by atoms with Crippen LogP contribution in [0.25, 0.3) is 0 Å². The van der Waals surface area contributed by atoms with Gasteiger partial charge in [-0.1, -0.05) is 131 Å². The van der Waals surface area contributed by atoms with Crippen LogP contribution in [0.5, 0.6) is 34.5 Å². The normalized spacial score (nSPS) is 9.88. The summed E-state index contributed by atoms with van der Waals surface area (Å²) in [5.41, 5.74) is 7.14. The maximum atomic E-state index is 12.9. The van der Waals surface area contributed by atoms with Crippen molar-refractivity contribution in [2.45, 2.75) is 25.7 Å². The van der Waals surface area contributed by atoms with Gasteiger partial charge >= 0.3 is 59.1 Å². The SMILES string of the molecule is COCCOC.COCCOC.COc1ccccc1Cc1cccc(Cc2ccccc2OC)c1[O-].COc1ccccc1Cc1cccc(Cc2ccccc2OC)c1[O-].[Na+].[Na+]. The largest absolute Gasteiger partial charge is 1.00 e. The molecule has 0 saturated carbocycles. The van der Waals surface area contributed by atoms with Crippen molar-refractivity contribution in [3.63, 3.8) is 0 Å². The summed E-state index contributed by atoms with van der Waals surface area (Å²) in [5, 5.41) is 25.8. The van der Waals surface area contributed by atoms with Gasteiger partial charge in [-0.25, -0.2) is 0 Å². The molecule has 0 radical (unpaired) electrons. The van der Waals surface area contributed by atoms with E-state index < -0.39 is 0 Å². The van der Waals surface area contributed by atoms with E-state index in [0.717, 1.165) is 67.5 Å². The zero-order chi connectivity index (χ0) is 45.0. The summed E-state index contributed by atoms with van der Waals surface area (Å²) in [6.45, 7) is 2.76. The number of hydrogen-bond acceptors (Lipinski definition) is 10. The third-order valence-corrected chi connectivity index (χ3v) is 9.63. The van der Waals surface area contributed by atoms with Crippen LogP contribution < -0.4 is 88.3 Å². The van der Waals surface area contributed by atoms with Crippen molar-refractivity contribution in [2.24, 2.45) is 0 Å². The summed E-state index contributed by atoms with van der Waals surface area (Å²) < 4.78 is 40.2. The van der Waals surface area contributed by atoms with Crippen LogP contribution in [0.4, 0.5) is 0 Å². The molecule has 0 heterocycles. The molecule has 0 aromatic heterocycles. The molecule has 332 valence electrons. The van der Waals surface area contributed by atoms with Crippen LogP contribution in [-0.2, 0) is 44.6 Å². The first-order valence-corrected chi connectivity index (χ1v) is 20.3. The number of rotatable bonds is 18. The fourth-order valence-corrected chi connectivity index (χ4v) is 6.38. The molecule has 0 atom stereocenters. The monoisotopic (exact) mass is 892 g/mol. The first-order chi connectivity index (χ1) is 30.3. The van der Waals surface area contributed by atoms with Crippen LogP contribution in [0.15, 0.2) is 133 Å². The molecule has 10 nitrogen and oxygen atoms in total. The minimum absolute atomic E-state index is 0. The van der Waals surface area contributed by atoms with Crippen molar-refractivity contribution in [2.75, 3.05) is 83.3 Å². The van der Waals surface area contributed by atoms with Crippen LogP contribution in [0.1, 0.15) is 44.5 Å². The molecule has 0 bridgehead atoms. The molecule has 6 aromatic carbocycles. The Labute approximate surface area is 425 Å². The quantitative estimate of drug-likeness (QED) is 0.0942. The third-order valence-electron chi connectivity index (χ3n) is 9.63. The summed E-state index contributed by atoms with van der Waals surface area (Å²) in [5.74, 6) is 3.38. The van der Waals surface area contributed by atoms with Gasteiger partial charge in [0.05, 0.1) is 54.9 Å². The van der Waals surface area contributed by atoms with Gasteiger partial charge in [0, 0.05) is 54.1 Å². The zero-order valence-electron chi connectivity index (χ0n) is 39.4. The maximum absolute atomic E-state index is 12.9. The smallest absolute Gasteiger partial charge is 0.872 e. The molecule has 0 fully saturated rings. The summed E-state index contributed by atoms with van der Waals surface area (Å²) in [6.07, 6.45) is 2.23. The first kappa shape index (κ1) is 58.0. The maximum Gasteiger partial charge on any atom is 1.00 e. The van der Waals surface area contributed by atoms with Gasteiger partial charge in [-0.2, -0.15) is 0 Å². The second-order valence-electron chi connectivity index (χ2n) is 13.7. The van der Waals surface area contributed by atoms with Gasteiger partial charge in [0.1, 0.15) is 23.0 Å². The van der Waals surface area contributed by atoms with E-state index in [0.29, 0.717) is 52.1 Å². The number of benzene rings is 6. The van der Waals surface area contributed by atoms with Gasteiger partial charge in [-0.15, -0.1) is 11.5 Å². The number of hydrogen-bond donors (Lipinski definition) is 0.